The highest BCUT2D eigenvalue weighted by Gasteiger charge is 2.38. The largest absolute Gasteiger partial charge is 0.480 e. The monoisotopic (exact) mass is 487 g/mol. The molecule has 0 aliphatic carbocycles. The molecule has 4 unspecified atom stereocenters. The van der Waals surface area contributed by atoms with Gasteiger partial charge in [-0.15, -0.1) is 0 Å². The molecular weight excluding hydrogens is 450 g/mol. The van der Waals surface area contributed by atoms with E-state index in [1.54, 1.807) is 0 Å². The molecule has 4 amide bonds. The van der Waals surface area contributed by atoms with Gasteiger partial charge in [-0.3, -0.25) is 19.2 Å². The summed E-state index contributed by atoms with van der Waals surface area (Å²) in [6, 6.07) is -3.74. The van der Waals surface area contributed by atoms with Gasteiger partial charge in [0.25, 0.3) is 0 Å². The highest BCUT2D eigenvalue weighted by Crippen LogP contribution is 2.20. The lowest BCUT2D eigenvalue weighted by Gasteiger charge is -2.29. The number of hydrogen-bond acceptors (Lipinski definition) is 7. The maximum atomic E-state index is 13.1. The molecule has 11 nitrogen and oxygen atoms in total. The van der Waals surface area contributed by atoms with E-state index in [0.717, 1.165) is 0 Å². The molecule has 0 bridgehead atoms. The Bertz CT molecular complexity index is 719. The fourth-order valence-electron chi connectivity index (χ4n) is 3.66. The maximum absolute atomic E-state index is 13.1. The highest BCUT2D eigenvalue weighted by molar-refractivity contribution is 7.98. The number of amides is 4. The minimum Gasteiger partial charge on any atom is -0.480 e. The number of carboxylic acids is 1. The van der Waals surface area contributed by atoms with Crippen molar-refractivity contribution in [2.24, 2.45) is 17.4 Å². The molecule has 33 heavy (non-hydrogen) atoms. The smallest absolute Gasteiger partial charge is 0.326 e. The Morgan fingerprint density at radius 2 is 1.73 bits per heavy atom. The second kappa shape index (κ2) is 14.0. The van der Waals surface area contributed by atoms with Crippen LogP contribution in [0.4, 0.5) is 0 Å². The average molecular weight is 488 g/mol. The van der Waals surface area contributed by atoms with E-state index in [2.05, 4.69) is 10.6 Å². The van der Waals surface area contributed by atoms with Crippen molar-refractivity contribution in [1.29, 1.82) is 0 Å². The zero-order valence-electron chi connectivity index (χ0n) is 19.5. The number of rotatable bonds is 14. The molecule has 1 aliphatic rings. The molecule has 0 aromatic heterocycles. The van der Waals surface area contributed by atoms with Crippen LogP contribution < -0.4 is 22.1 Å². The first-order chi connectivity index (χ1) is 15.5. The van der Waals surface area contributed by atoms with Gasteiger partial charge >= 0.3 is 5.97 Å². The van der Waals surface area contributed by atoms with E-state index in [-0.39, 0.29) is 18.8 Å². The van der Waals surface area contributed by atoms with E-state index in [1.807, 2.05) is 20.1 Å². The number of carbonyl (C=O) groups excluding carboxylic acids is 4. The summed E-state index contributed by atoms with van der Waals surface area (Å²) in [7, 11) is 0. The zero-order valence-corrected chi connectivity index (χ0v) is 20.4. The molecule has 0 aromatic carbocycles. The van der Waals surface area contributed by atoms with Crippen LogP contribution in [0.15, 0.2) is 0 Å². The molecule has 188 valence electrons. The number of nitrogens with two attached hydrogens (primary N) is 2. The van der Waals surface area contributed by atoms with Gasteiger partial charge in [0, 0.05) is 13.0 Å². The van der Waals surface area contributed by atoms with Crippen LogP contribution in [0.25, 0.3) is 0 Å². The number of likely N-dealkylation sites (tertiary alicyclic amines) is 1. The van der Waals surface area contributed by atoms with Gasteiger partial charge in [0.1, 0.15) is 18.1 Å². The summed E-state index contributed by atoms with van der Waals surface area (Å²) in [6.45, 7) is 4.12. The van der Waals surface area contributed by atoms with Crippen molar-refractivity contribution in [3.05, 3.63) is 0 Å². The van der Waals surface area contributed by atoms with Gasteiger partial charge in [0.15, 0.2) is 0 Å². The lowest BCUT2D eigenvalue weighted by molar-refractivity contribution is -0.149. The topological polar surface area (TPSA) is 185 Å². The summed E-state index contributed by atoms with van der Waals surface area (Å²) in [5.41, 5.74) is 10.9. The van der Waals surface area contributed by atoms with Crippen molar-refractivity contribution in [3.8, 4) is 0 Å². The first-order valence-electron chi connectivity index (χ1n) is 11.1. The summed E-state index contributed by atoms with van der Waals surface area (Å²) in [5, 5.41) is 14.8. The molecule has 1 fully saturated rings. The van der Waals surface area contributed by atoms with E-state index in [4.69, 9.17) is 11.5 Å². The lowest BCUT2D eigenvalue weighted by Crippen LogP contribution is -2.57. The van der Waals surface area contributed by atoms with Crippen LogP contribution in [-0.2, 0) is 24.0 Å². The van der Waals surface area contributed by atoms with E-state index in [1.165, 1.54) is 16.7 Å². The maximum Gasteiger partial charge on any atom is 0.326 e. The number of primary amides is 1. The van der Waals surface area contributed by atoms with Crippen molar-refractivity contribution in [3.63, 3.8) is 0 Å². The molecule has 0 aromatic rings. The second-order valence-corrected chi connectivity index (χ2v) is 9.66. The number of thioether (sulfide) groups is 1. The van der Waals surface area contributed by atoms with Crippen LogP contribution in [0.5, 0.6) is 0 Å². The number of nitrogens with zero attached hydrogens (tertiary/aromatic N) is 1. The van der Waals surface area contributed by atoms with Crippen molar-refractivity contribution in [2.75, 3.05) is 18.6 Å². The third-order valence-corrected chi connectivity index (χ3v) is 6.07. The summed E-state index contributed by atoms with van der Waals surface area (Å²) in [6.07, 6.45) is 3.46. The fraction of sp³-hybridized carbons (Fsp3) is 0.762. The third-order valence-electron chi connectivity index (χ3n) is 5.42. The van der Waals surface area contributed by atoms with Gasteiger partial charge in [0.2, 0.25) is 23.6 Å². The Morgan fingerprint density at radius 1 is 1.09 bits per heavy atom. The van der Waals surface area contributed by atoms with Crippen LogP contribution in [0.3, 0.4) is 0 Å². The minimum absolute atomic E-state index is 0.0536. The number of hydrogen-bond donors (Lipinski definition) is 5. The molecule has 0 spiro atoms. The Balaban J connectivity index is 2.94. The van der Waals surface area contributed by atoms with Gasteiger partial charge in [-0.1, -0.05) is 13.8 Å². The lowest BCUT2D eigenvalue weighted by atomic mass is 10.0. The van der Waals surface area contributed by atoms with Crippen LogP contribution in [0, 0.1) is 5.92 Å². The fourth-order valence-corrected chi connectivity index (χ4v) is 4.14. The van der Waals surface area contributed by atoms with E-state index in [9.17, 15) is 29.1 Å². The molecule has 1 aliphatic heterocycles. The summed E-state index contributed by atoms with van der Waals surface area (Å²) >= 11 is 1.49. The first kappa shape index (κ1) is 28.7. The Labute approximate surface area is 198 Å². The van der Waals surface area contributed by atoms with Gasteiger partial charge < -0.3 is 32.1 Å². The van der Waals surface area contributed by atoms with Gasteiger partial charge in [-0.05, 0) is 50.0 Å². The average Bonchev–Trinajstić information content (AvgIpc) is 3.23. The molecule has 0 radical (unpaired) electrons. The molecule has 1 rings (SSSR count). The standard InChI is InChI=1S/C21H37N5O6S/c1-12(2)11-15(20(30)26-9-4-5-16(26)21(31)32)25-19(29)14(8-10-33-3)24-18(28)13(22)6-7-17(23)27/h12-16H,4-11,22H2,1-3H3,(H2,23,27)(H,24,28)(H,25,29)(H,31,32). The number of carboxylic acid groups (broad SMARTS) is 1. The Kier molecular flexibility index (Phi) is 12.2. The van der Waals surface area contributed by atoms with Crippen LogP contribution in [0.2, 0.25) is 0 Å². The van der Waals surface area contributed by atoms with Crippen molar-refractivity contribution < 1.29 is 29.1 Å². The predicted octanol–water partition coefficient (Wildman–Crippen LogP) is -0.576. The SMILES string of the molecule is CSCCC(NC(=O)C(N)CCC(N)=O)C(=O)NC(CC(C)C)C(=O)N1CCCC1C(=O)O. The third kappa shape index (κ3) is 9.58. The normalized spacial score (nSPS) is 18.5. The van der Waals surface area contributed by atoms with Gasteiger partial charge in [-0.25, -0.2) is 4.79 Å². The quantitative estimate of drug-likeness (QED) is 0.215. The second-order valence-electron chi connectivity index (χ2n) is 8.67. The number of nitrogens with one attached hydrogen (secondary N) is 2. The van der Waals surface area contributed by atoms with E-state index < -0.39 is 53.8 Å². The highest BCUT2D eigenvalue weighted by atomic mass is 32.2. The van der Waals surface area contributed by atoms with Crippen molar-refractivity contribution in [2.45, 2.75) is 76.5 Å². The minimum atomic E-state index is -1.06. The Hall–Kier alpha value is -2.34. The van der Waals surface area contributed by atoms with Crippen LogP contribution in [-0.4, -0.2) is 82.3 Å². The van der Waals surface area contributed by atoms with Gasteiger partial charge in [0.05, 0.1) is 6.04 Å². The van der Waals surface area contributed by atoms with Crippen molar-refractivity contribution in [1.82, 2.24) is 15.5 Å². The Morgan fingerprint density at radius 3 is 2.27 bits per heavy atom. The van der Waals surface area contributed by atoms with Gasteiger partial charge in [-0.2, -0.15) is 11.8 Å². The summed E-state index contributed by atoms with van der Waals surface area (Å²) in [4.78, 5) is 62.4. The summed E-state index contributed by atoms with van der Waals surface area (Å²) in [5.74, 6) is -2.57. The number of carbonyl (C=O) groups is 5. The van der Waals surface area contributed by atoms with Crippen LogP contribution in [0.1, 0.15) is 52.4 Å². The molecule has 0 saturated carbocycles. The molecule has 4 atom stereocenters. The molecule has 7 N–H and O–H groups in total. The summed E-state index contributed by atoms with van der Waals surface area (Å²) < 4.78 is 0. The molecular formula is C21H37N5O6S. The van der Waals surface area contributed by atoms with E-state index in [0.29, 0.717) is 38.0 Å². The number of aliphatic carboxylic acids is 1. The first-order valence-corrected chi connectivity index (χ1v) is 12.5. The van der Waals surface area contributed by atoms with Crippen molar-refractivity contribution >= 4 is 41.4 Å². The predicted molar refractivity (Wildman–Crippen MR) is 125 cm³/mol. The van der Waals surface area contributed by atoms with Crippen LogP contribution >= 0.6 is 11.8 Å². The molecule has 1 saturated heterocycles. The zero-order chi connectivity index (χ0) is 25.1. The molecule has 12 heteroatoms. The molecule has 1 heterocycles. The van der Waals surface area contributed by atoms with E-state index >= 15 is 0 Å².